The standard InChI is InChI=1S/C30H22Cl2N4O7/c1-2-42-27-15-18(3-14-26(27)43-30(39)24-13-8-21(31)16-25(24)32)17-33-35-29(38)20-4-9-22(10-5-20)34-28(37)19-6-11-23(12-7-19)36(40)41/h3-17H,2H2,1H3,(H,34,37)(H,35,38)/b33-17-. The van der Waals surface area contributed by atoms with Crippen LogP contribution < -0.4 is 20.2 Å². The molecule has 2 N–H and O–H groups in total. The monoisotopic (exact) mass is 620 g/mol. The van der Waals surface area contributed by atoms with E-state index in [9.17, 15) is 24.5 Å². The van der Waals surface area contributed by atoms with Gasteiger partial charge in [-0.2, -0.15) is 5.10 Å². The normalized spacial score (nSPS) is 10.7. The molecule has 0 saturated carbocycles. The number of nitrogens with zero attached hydrogens (tertiary/aromatic N) is 2. The van der Waals surface area contributed by atoms with Gasteiger partial charge in [-0.05, 0) is 85.3 Å². The molecule has 0 bridgehead atoms. The van der Waals surface area contributed by atoms with Crippen LogP contribution in [0.2, 0.25) is 10.0 Å². The second kappa shape index (κ2) is 14.1. The van der Waals surface area contributed by atoms with Crippen molar-refractivity contribution in [3.63, 3.8) is 0 Å². The highest BCUT2D eigenvalue weighted by atomic mass is 35.5. The average molecular weight is 621 g/mol. The summed E-state index contributed by atoms with van der Waals surface area (Å²) in [5.41, 5.74) is 3.93. The quantitative estimate of drug-likeness (QED) is 0.0672. The van der Waals surface area contributed by atoms with Gasteiger partial charge in [0.05, 0.1) is 28.3 Å². The minimum atomic E-state index is -0.687. The van der Waals surface area contributed by atoms with E-state index in [4.69, 9.17) is 32.7 Å². The molecule has 0 aliphatic heterocycles. The number of amides is 2. The van der Waals surface area contributed by atoms with Crippen LogP contribution in [0.3, 0.4) is 0 Å². The molecule has 0 aliphatic rings. The maximum atomic E-state index is 12.6. The molecule has 0 unspecified atom stereocenters. The van der Waals surface area contributed by atoms with Crippen molar-refractivity contribution in [1.82, 2.24) is 5.43 Å². The summed E-state index contributed by atoms with van der Waals surface area (Å²) in [4.78, 5) is 47.8. The van der Waals surface area contributed by atoms with Gasteiger partial charge in [-0.1, -0.05) is 23.2 Å². The lowest BCUT2D eigenvalue weighted by atomic mass is 10.1. The third kappa shape index (κ3) is 8.15. The molecule has 4 aromatic rings. The number of hydrogen-bond acceptors (Lipinski definition) is 8. The van der Waals surface area contributed by atoms with Crippen LogP contribution in [0.5, 0.6) is 11.5 Å². The Morgan fingerprint density at radius 1 is 0.884 bits per heavy atom. The lowest BCUT2D eigenvalue weighted by Gasteiger charge is -2.12. The van der Waals surface area contributed by atoms with Gasteiger partial charge in [0.25, 0.3) is 17.5 Å². The maximum absolute atomic E-state index is 12.6. The number of ether oxygens (including phenoxy) is 2. The van der Waals surface area contributed by atoms with E-state index < -0.39 is 22.7 Å². The number of carbonyl (C=O) groups excluding carboxylic acids is 3. The van der Waals surface area contributed by atoms with E-state index in [0.717, 1.165) is 0 Å². The summed E-state index contributed by atoms with van der Waals surface area (Å²) in [5, 5.41) is 17.9. The molecule has 43 heavy (non-hydrogen) atoms. The maximum Gasteiger partial charge on any atom is 0.345 e. The number of anilines is 1. The highest BCUT2D eigenvalue weighted by Gasteiger charge is 2.17. The lowest BCUT2D eigenvalue weighted by Crippen LogP contribution is -2.18. The minimum Gasteiger partial charge on any atom is -0.490 e. The molecule has 0 spiro atoms. The molecule has 0 heterocycles. The Bertz CT molecular complexity index is 1710. The zero-order valence-corrected chi connectivity index (χ0v) is 23.9. The fraction of sp³-hybridized carbons (Fsp3) is 0.0667. The number of non-ortho nitro benzene ring substituents is 1. The highest BCUT2D eigenvalue weighted by Crippen LogP contribution is 2.30. The van der Waals surface area contributed by atoms with Gasteiger partial charge in [0.1, 0.15) is 0 Å². The number of nitrogens with one attached hydrogen (secondary N) is 2. The Labute approximate surface area is 255 Å². The Balaban J connectivity index is 1.35. The van der Waals surface area contributed by atoms with Crippen LogP contribution in [-0.2, 0) is 0 Å². The van der Waals surface area contributed by atoms with Gasteiger partial charge in [0.15, 0.2) is 11.5 Å². The van der Waals surface area contributed by atoms with Crippen LogP contribution in [0.15, 0.2) is 90.0 Å². The fourth-order valence-corrected chi connectivity index (χ4v) is 4.13. The number of hydrazone groups is 1. The van der Waals surface area contributed by atoms with E-state index in [1.165, 1.54) is 79.0 Å². The first kappa shape index (κ1) is 30.7. The number of hydrogen-bond donors (Lipinski definition) is 2. The van der Waals surface area contributed by atoms with E-state index in [0.29, 0.717) is 22.9 Å². The summed E-state index contributed by atoms with van der Waals surface area (Å²) >= 11 is 12.0. The zero-order chi connectivity index (χ0) is 30.9. The van der Waals surface area contributed by atoms with Gasteiger partial charge in [-0.3, -0.25) is 19.7 Å². The van der Waals surface area contributed by atoms with Crippen LogP contribution in [0.25, 0.3) is 0 Å². The van der Waals surface area contributed by atoms with E-state index in [1.54, 1.807) is 19.1 Å². The number of nitro groups is 1. The average Bonchev–Trinajstić information content (AvgIpc) is 2.98. The molecule has 4 rings (SSSR count). The number of benzene rings is 4. The first-order valence-electron chi connectivity index (χ1n) is 12.6. The fourth-order valence-electron chi connectivity index (χ4n) is 3.64. The predicted octanol–water partition coefficient (Wildman–Crippen LogP) is 6.54. The van der Waals surface area contributed by atoms with Crippen LogP contribution in [0.1, 0.15) is 43.6 Å². The molecule has 0 aliphatic carbocycles. The van der Waals surface area contributed by atoms with Crippen LogP contribution in [-0.4, -0.2) is 35.5 Å². The molecule has 4 aromatic carbocycles. The second-order valence-electron chi connectivity index (χ2n) is 8.69. The number of esters is 1. The van der Waals surface area contributed by atoms with E-state index in [-0.39, 0.29) is 38.9 Å². The third-order valence-corrected chi connectivity index (χ3v) is 6.29. The first-order chi connectivity index (χ1) is 20.6. The molecule has 0 fully saturated rings. The van der Waals surface area contributed by atoms with Crippen LogP contribution >= 0.6 is 23.2 Å². The molecule has 0 atom stereocenters. The molecule has 11 nitrogen and oxygen atoms in total. The van der Waals surface area contributed by atoms with E-state index in [2.05, 4.69) is 15.8 Å². The predicted molar refractivity (Wildman–Crippen MR) is 162 cm³/mol. The Morgan fingerprint density at radius 2 is 1.56 bits per heavy atom. The summed E-state index contributed by atoms with van der Waals surface area (Å²) in [7, 11) is 0. The van der Waals surface area contributed by atoms with Crippen LogP contribution in [0, 0.1) is 10.1 Å². The van der Waals surface area contributed by atoms with Crippen LogP contribution in [0.4, 0.5) is 11.4 Å². The summed E-state index contributed by atoms with van der Waals surface area (Å²) < 4.78 is 11.1. The Morgan fingerprint density at radius 3 is 2.21 bits per heavy atom. The molecule has 2 amide bonds. The van der Waals surface area contributed by atoms with Crippen molar-refractivity contribution in [3.05, 3.63) is 127 Å². The zero-order valence-electron chi connectivity index (χ0n) is 22.4. The summed E-state index contributed by atoms with van der Waals surface area (Å²) in [6.07, 6.45) is 1.39. The van der Waals surface area contributed by atoms with Crippen molar-refractivity contribution >= 4 is 58.6 Å². The molecule has 0 aromatic heterocycles. The third-order valence-electron chi connectivity index (χ3n) is 5.75. The Hall–Kier alpha value is -5.26. The molecule has 218 valence electrons. The summed E-state index contributed by atoms with van der Waals surface area (Å²) in [6.45, 7) is 2.07. The molecular formula is C30H22Cl2N4O7. The first-order valence-corrected chi connectivity index (χ1v) is 13.3. The summed E-state index contributed by atoms with van der Waals surface area (Å²) in [5.74, 6) is -1.20. The summed E-state index contributed by atoms with van der Waals surface area (Å²) in [6, 6.07) is 20.4. The van der Waals surface area contributed by atoms with E-state index in [1.807, 2.05) is 0 Å². The highest BCUT2D eigenvalue weighted by molar-refractivity contribution is 6.36. The van der Waals surface area contributed by atoms with Gasteiger partial charge in [0, 0.05) is 34.0 Å². The van der Waals surface area contributed by atoms with Crippen molar-refractivity contribution in [1.29, 1.82) is 0 Å². The second-order valence-corrected chi connectivity index (χ2v) is 9.53. The Kier molecular flexibility index (Phi) is 10.0. The van der Waals surface area contributed by atoms with Gasteiger partial charge in [-0.15, -0.1) is 0 Å². The van der Waals surface area contributed by atoms with Crippen molar-refractivity contribution in [2.45, 2.75) is 6.92 Å². The van der Waals surface area contributed by atoms with Gasteiger partial charge >= 0.3 is 5.97 Å². The van der Waals surface area contributed by atoms with Crippen molar-refractivity contribution in [2.24, 2.45) is 5.10 Å². The van der Waals surface area contributed by atoms with E-state index >= 15 is 0 Å². The van der Waals surface area contributed by atoms with Gasteiger partial charge in [-0.25, -0.2) is 10.2 Å². The minimum absolute atomic E-state index is 0.122. The molecule has 0 saturated heterocycles. The number of rotatable bonds is 10. The van der Waals surface area contributed by atoms with Crippen molar-refractivity contribution < 1.29 is 28.8 Å². The number of carbonyl (C=O) groups is 3. The molecule has 13 heteroatoms. The smallest absolute Gasteiger partial charge is 0.345 e. The number of nitro benzene ring substituents is 1. The van der Waals surface area contributed by atoms with Crippen molar-refractivity contribution in [2.75, 3.05) is 11.9 Å². The number of halogens is 2. The lowest BCUT2D eigenvalue weighted by molar-refractivity contribution is -0.384. The largest absolute Gasteiger partial charge is 0.490 e. The van der Waals surface area contributed by atoms with Gasteiger partial charge in [0.2, 0.25) is 0 Å². The molecule has 0 radical (unpaired) electrons. The SMILES string of the molecule is CCOc1cc(/C=N\NC(=O)c2ccc(NC(=O)c3ccc([N+](=O)[O-])cc3)cc2)ccc1OC(=O)c1ccc(Cl)cc1Cl. The van der Waals surface area contributed by atoms with Gasteiger partial charge < -0.3 is 14.8 Å². The van der Waals surface area contributed by atoms with Crippen molar-refractivity contribution in [3.8, 4) is 11.5 Å². The topological polar surface area (TPSA) is 149 Å². The molecular weight excluding hydrogens is 599 g/mol.